The average molecular weight is 265 g/mol. The van der Waals surface area contributed by atoms with Gasteiger partial charge in [0.05, 0.1) is 0 Å². The fraction of sp³-hybridized carbons (Fsp3) is 0.750. The third-order valence-corrected chi connectivity index (χ3v) is 4.21. The molecule has 3 heteroatoms. The summed E-state index contributed by atoms with van der Waals surface area (Å²) in [4.78, 5) is 26.6. The molecule has 0 atom stereocenters. The van der Waals surface area contributed by atoms with Gasteiger partial charge in [0.25, 0.3) is 5.91 Å². The Kier molecular flexibility index (Phi) is 5.33. The lowest BCUT2D eigenvalue weighted by Gasteiger charge is -2.37. The molecule has 1 rings (SSSR count). The Morgan fingerprint density at radius 1 is 1.21 bits per heavy atom. The molecule has 19 heavy (non-hydrogen) atoms. The van der Waals surface area contributed by atoms with Gasteiger partial charge in [0.2, 0.25) is 5.91 Å². The van der Waals surface area contributed by atoms with E-state index in [0.717, 1.165) is 32.1 Å². The van der Waals surface area contributed by atoms with E-state index in [1.54, 1.807) is 6.92 Å². The predicted molar refractivity (Wildman–Crippen MR) is 77.6 cm³/mol. The number of amides is 2. The maximum Gasteiger partial charge on any atom is 0.255 e. The van der Waals surface area contributed by atoms with Crippen LogP contribution >= 0.6 is 0 Å². The van der Waals surface area contributed by atoms with Crippen LogP contribution in [0.5, 0.6) is 0 Å². The largest absolute Gasteiger partial charge is 0.275 e. The summed E-state index contributed by atoms with van der Waals surface area (Å²) in [6, 6.07) is 0.0660. The Bertz CT molecular complexity index is 365. The molecule has 0 heterocycles. The predicted octanol–water partition coefficient (Wildman–Crippen LogP) is 3.69. The molecular formula is C16H27NO2. The van der Waals surface area contributed by atoms with Gasteiger partial charge in [-0.2, -0.15) is 0 Å². The number of rotatable bonds is 4. The van der Waals surface area contributed by atoms with Crippen molar-refractivity contribution in [1.29, 1.82) is 0 Å². The van der Waals surface area contributed by atoms with Crippen LogP contribution in [0.1, 0.15) is 66.2 Å². The molecule has 1 aliphatic carbocycles. The molecule has 108 valence electrons. The Balaban J connectivity index is 3.01. The number of carbonyl (C=O) groups is 2. The zero-order chi connectivity index (χ0) is 14.6. The third kappa shape index (κ3) is 3.68. The van der Waals surface area contributed by atoms with Crippen molar-refractivity contribution in [3.8, 4) is 0 Å². The van der Waals surface area contributed by atoms with Crippen LogP contribution in [-0.2, 0) is 9.59 Å². The van der Waals surface area contributed by atoms with Crippen molar-refractivity contribution in [2.45, 2.75) is 72.3 Å². The summed E-state index contributed by atoms with van der Waals surface area (Å²) in [5, 5.41) is 0. The minimum atomic E-state index is -0.484. The number of hydrogen-bond acceptors (Lipinski definition) is 2. The Hall–Kier alpha value is -1.12. The van der Waals surface area contributed by atoms with Crippen LogP contribution in [-0.4, -0.2) is 22.8 Å². The molecule has 0 aromatic heterocycles. The summed E-state index contributed by atoms with van der Waals surface area (Å²) < 4.78 is 0. The highest BCUT2D eigenvalue weighted by atomic mass is 16.2. The summed E-state index contributed by atoms with van der Waals surface area (Å²) in [6.07, 6.45) is 6.01. The minimum Gasteiger partial charge on any atom is -0.275 e. The molecule has 0 spiro atoms. The lowest BCUT2D eigenvalue weighted by Crippen LogP contribution is -2.50. The Morgan fingerprint density at radius 2 is 1.74 bits per heavy atom. The Labute approximate surface area is 117 Å². The van der Waals surface area contributed by atoms with Crippen LogP contribution in [0, 0.1) is 5.41 Å². The number of nitrogens with zero attached hydrogens (tertiary/aromatic N) is 1. The molecule has 3 nitrogen and oxygen atoms in total. The van der Waals surface area contributed by atoms with Gasteiger partial charge < -0.3 is 0 Å². The van der Waals surface area contributed by atoms with Gasteiger partial charge in [-0.05, 0) is 26.2 Å². The third-order valence-electron chi connectivity index (χ3n) is 4.21. The second-order valence-electron chi connectivity index (χ2n) is 6.29. The highest BCUT2D eigenvalue weighted by Crippen LogP contribution is 2.30. The molecule has 0 aromatic carbocycles. The molecule has 2 amide bonds. The van der Waals surface area contributed by atoms with E-state index >= 15 is 0 Å². The first kappa shape index (κ1) is 15.9. The van der Waals surface area contributed by atoms with Crippen molar-refractivity contribution in [3.05, 3.63) is 12.2 Å². The van der Waals surface area contributed by atoms with Gasteiger partial charge in [-0.1, -0.05) is 46.6 Å². The summed E-state index contributed by atoms with van der Waals surface area (Å²) in [5.41, 5.74) is -0.0337. The molecule has 0 saturated heterocycles. The van der Waals surface area contributed by atoms with Gasteiger partial charge >= 0.3 is 0 Å². The van der Waals surface area contributed by atoms with Crippen LogP contribution in [0.15, 0.2) is 12.2 Å². The molecule has 0 N–H and O–H groups in total. The van der Waals surface area contributed by atoms with E-state index in [1.807, 2.05) is 20.8 Å². The lowest BCUT2D eigenvalue weighted by molar-refractivity contribution is -0.152. The molecule has 1 saturated carbocycles. The smallest absolute Gasteiger partial charge is 0.255 e. The number of hydrogen-bond donors (Lipinski definition) is 0. The lowest BCUT2D eigenvalue weighted by atomic mass is 9.85. The minimum absolute atomic E-state index is 0.0464. The normalized spacial score (nSPS) is 17.1. The first-order valence-electron chi connectivity index (χ1n) is 7.34. The fourth-order valence-electron chi connectivity index (χ4n) is 2.45. The van der Waals surface area contributed by atoms with Crippen LogP contribution in [0.4, 0.5) is 0 Å². The van der Waals surface area contributed by atoms with E-state index in [2.05, 4.69) is 6.58 Å². The van der Waals surface area contributed by atoms with Gasteiger partial charge in [-0.3, -0.25) is 14.5 Å². The second-order valence-corrected chi connectivity index (χ2v) is 6.29. The summed E-state index contributed by atoms with van der Waals surface area (Å²) in [7, 11) is 0. The fourth-order valence-corrected chi connectivity index (χ4v) is 2.45. The monoisotopic (exact) mass is 265 g/mol. The van der Waals surface area contributed by atoms with Gasteiger partial charge in [-0.25, -0.2) is 0 Å². The van der Waals surface area contributed by atoms with Gasteiger partial charge in [0.1, 0.15) is 0 Å². The van der Waals surface area contributed by atoms with Crippen molar-refractivity contribution in [1.82, 2.24) is 4.90 Å². The standard InChI is InChI=1S/C16H27NO2/c1-6-16(4,5)15(19)17(14(18)12(2)3)13-10-8-7-9-11-13/h13H,2,6-11H2,1,3-5H3. The molecule has 1 aliphatic rings. The van der Waals surface area contributed by atoms with E-state index in [1.165, 1.54) is 11.3 Å². The zero-order valence-corrected chi connectivity index (χ0v) is 12.8. The molecule has 0 aromatic rings. The van der Waals surface area contributed by atoms with Gasteiger partial charge in [-0.15, -0.1) is 0 Å². The molecule has 0 aliphatic heterocycles. The van der Waals surface area contributed by atoms with Crippen molar-refractivity contribution in [2.24, 2.45) is 5.41 Å². The first-order chi connectivity index (χ1) is 8.81. The van der Waals surface area contributed by atoms with E-state index in [-0.39, 0.29) is 17.9 Å². The maximum absolute atomic E-state index is 12.7. The molecule has 0 radical (unpaired) electrons. The number of carbonyl (C=O) groups excluding carboxylic acids is 2. The topological polar surface area (TPSA) is 37.4 Å². The van der Waals surface area contributed by atoms with Crippen LogP contribution in [0.3, 0.4) is 0 Å². The maximum atomic E-state index is 12.7. The molecular weight excluding hydrogens is 238 g/mol. The quantitative estimate of drug-likeness (QED) is 0.727. The highest BCUT2D eigenvalue weighted by molar-refractivity contribution is 6.05. The van der Waals surface area contributed by atoms with Crippen molar-refractivity contribution < 1.29 is 9.59 Å². The SMILES string of the molecule is C=C(C)C(=O)N(C(=O)C(C)(C)CC)C1CCCCC1. The van der Waals surface area contributed by atoms with Crippen molar-refractivity contribution in [2.75, 3.05) is 0 Å². The highest BCUT2D eigenvalue weighted by Gasteiger charge is 2.38. The van der Waals surface area contributed by atoms with E-state index in [4.69, 9.17) is 0 Å². The van der Waals surface area contributed by atoms with Crippen molar-refractivity contribution >= 4 is 11.8 Å². The van der Waals surface area contributed by atoms with Crippen LogP contribution in [0.25, 0.3) is 0 Å². The van der Waals surface area contributed by atoms with E-state index in [0.29, 0.717) is 5.57 Å². The summed E-state index contributed by atoms with van der Waals surface area (Å²) >= 11 is 0. The van der Waals surface area contributed by atoms with Gasteiger partial charge in [0.15, 0.2) is 0 Å². The van der Waals surface area contributed by atoms with E-state index in [9.17, 15) is 9.59 Å². The second kappa shape index (κ2) is 6.36. The Morgan fingerprint density at radius 3 is 2.16 bits per heavy atom. The zero-order valence-electron chi connectivity index (χ0n) is 12.8. The van der Waals surface area contributed by atoms with Gasteiger partial charge in [0, 0.05) is 17.0 Å². The van der Waals surface area contributed by atoms with Crippen molar-refractivity contribution in [3.63, 3.8) is 0 Å². The molecule has 1 fully saturated rings. The average Bonchev–Trinajstić information content (AvgIpc) is 2.39. The summed E-state index contributed by atoms with van der Waals surface area (Å²) in [6.45, 7) is 11.2. The van der Waals surface area contributed by atoms with E-state index < -0.39 is 5.41 Å². The molecule has 0 unspecified atom stereocenters. The number of imide groups is 1. The summed E-state index contributed by atoms with van der Waals surface area (Å²) in [5.74, 6) is -0.242. The first-order valence-corrected chi connectivity index (χ1v) is 7.34. The van der Waals surface area contributed by atoms with Crippen LogP contribution < -0.4 is 0 Å². The van der Waals surface area contributed by atoms with Crippen LogP contribution in [0.2, 0.25) is 0 Å². The molecule has 0 bridgehead atoms.